The number of nitrogens with zero attached hydrogens (tertiary/aromatic N) is 3. The molecule has 444 valence electrons. The first-order valence-electron chi connectivity index (χ1n) is 27.3. The van der Waals surface area contributed by atoms with Gasteiger partial charge in [0, 0.05) is 52.8 Å². The first-order valence-corrected chi connectivity index (χ1v) is 27.8. The lowest BCUT2D eigenvalue weighted by atomic mass is 9.69. The number of halogens is 1. The summed E-state index contributed by atoms with van der Waals surface area (Å²) < 4.78 is 33.4. The van der Waals surface area contributed by atoms with Gasteiger partial charge in [0.1, 0.15) is 19.2 Å². The lowest BCUT2D eigenvalue weighted by molar-refractivity contribution is -0.169. The Morgan fingerprint density at radius 1 is 0.889 bits per heavy atom. The van der Waals surface area contributed by atoms with Crippen molar-refractivity contribution in [2.75, 3.05) is 59.3 Å². The minimum Gasteiger partial charge on any atom is -0.458 e. The second-order valence-corrected chi connectivity index (χ2v) is 20.5. The smallest absolute Gasteiger partial charge is 0.342 e. The molecule has 7 rings (SSSR count). The Hall–Kier alpha value is -7.08. The van der Waals surface area contributed by atoms with Crippen molar-refractivity contribution in [2.24, 2.45) is 0 Å². The number of amides is 7. The first-order chi connectivity index (χ1) is 38.7. The molecular weight excluding hydrogens is 1070 g/mol. The van der Waals surface area contributed by atoms with E-state index in [0.29, 0.717) is 74.1 Å². The number of thiol groups is 1. The van der Waals surface area contributed by atoms with E-state index in [4.69, 9.17) is 19.2 Å². The van der Waals surface area contributed by atoms with Crippen LogP contribution in [-0.2, 0) is 83.2 Å². The van der Waals surface area contributed by atoms with E-state index in [1.54, 1.807) is 17.6 Å². The van der Waals surface area contributed by atoms with Crippen LogP contribution in [0.4, 0.5) is 4.39 Å². The van der Waals surface area contributed by atoms with E-state index in [2.05, 4.69) is 72.1 Å². The number of aromatic nitrogens is 2. The Morgan fingerprint density at radius 3 is 2.12 bits per heavy atom. The summed E-state index contributed by atoms with van der Waals surface area (Å²) in [4.78, 5) is 108. The summed E-state index contributed by atoms with van der Waals surface area (Å²) in [5.41, 5.74) is 3.28. The highest BCUT2D eigenvalue weighted by Crippen LogP contribution is 2.48. The van der Waals surface area contributed by atoms with Crippen molar-refractivity contribution in [1.29, 1.82) is 0 Å². The van der Waals surface area contributed by atoms with E-state index in [0.717, 1.165) is 47.8 Å². The molecule has 81 heavy (non-hydrogen) atoms. The largest absolute Gasteiger partial charge is 0.458 e. The van der Waals surface area contributed by atoms with Crippen LogP contribution in [0.1, 0.15) is 126 Å². The van der Waals surface area contributed by atoms with Gasteiger partial charge in [-0.05, 0) is 69.7 Å². The summed E-state index contributed by atoms with van der Waals surface area (Å²) in [6, 6.07) is 13.3. The third-order valence-corrected chi connectivity index (χ3v) is 13.4. The molecule has 4 aromatic rings. The molecule has 0 fully saturated rings. The zero-order valence-corrected chi connectivity index (χ0v) is 49.0. The number of fused-ring (bicyclic) bond motifs is 5. The van der Waals surface area contributed by atoms with E-state index < -0.39 is 28.8 Å². The number of carbonyl (C=O) groups excluding carboxylic acids is 8. The Bertz CT molecular complexity index is 2850. The van der Waals surface area contributed by atoms with Crippen LogP contribution in [0.15, 0.2) is 47.3 Å². The molecule has 4 heterocycles. The number of nitrogens with one attached hydrogen (secondary N) is 5. The molecule has 1 aliphatic carbocycles. The Kier molecular flexibility index (Phi) is 28.8. The van der Waals surface area contributed by atoms with Crippen LogP contribution in [0.3, 0.4) is 0 Å². The van der Waals surface area contributed by atoms with Crippen molar-refractivity contribution < 1.29 is 62.1 Å². The fourth-order valence-corrected chi connectivity index (χ4v) is 9.25. The number of benzene rings is 2. The van der Waals surface area contributed by atoms with Gasteiger partial charge in [-0.25, -0.2) is 14.2 Å². The number of cyclic esters (lactones) is 1. The van der Waals surface area contributed by atoms with E-state index in [9.17, 15) is 48.3 Å². The zero-order valence-electron chi connectivity index (χ0n) is 48.1. The van der Waals surface area contributed by atoms with Gasteiger partial charge in [0.15, 0.2) is 5.60 Å². The number of carbonyl (C=O) groups is 8. The number of ether oxygens (including phenoxy) is 3. The van der Waals surface area contributed by atoms with Gasteiger partial charge in [-0.2, -0.15) is 12.6 Å². The summed E-state index contributed by atoms with van der Waals surface area (Å²) in [6.45, 7) is 18.2. The highest BCUT2D eigenvalue weighted by Gasteiger charge is 2.45. The molecule has 0 spiro atoms. The van der Waals surface area contributed by atoms with Crippen LogP contribution >= 0.6 is 12.6 Å². The van der Waals surface area contributed by atoms with Crippen molar-refractivity contribution in [1.82, 2.24) is 41.0 Å². The summed E-state index contributed by atoms with van der Waals surface area (Å²) in [5.74, 6) is -2.46. The standard InChI is InChI=1S/C33H36FN5O9.C11H21NO2S.C7H8.C5H10N2O2.C2H6/c1-17-18-4-5-32(2,14-46-6-7-47-16-37-26(42)11-36-25(41)10-35-15-40)28-19-12-39-24(29(19)38-23(27(18)28)9-22(17)34)8-21-20(30(39)43)13-48-31(44)33(21,3)45;1-3-4-5-6-7-12(9-13)11(14)8-10(2)15;1-7-5-3-2-4-6-7;1-2-7-5(9)3-6-4-8;1-2/h8-9,15,45H,4-7,10-14,16H2,1-3H3,(H,35,40)(H,36,41)(H,37,42);9-10,15H,3-8H2,1-2H3;2-6H,1H3;4H,2-3H2,1H3,(H,6,8)(H,7,9);1-2H3/t32-,33?;;;;/m1..../s1. The van der Waals surface area contributed by atoms with Crippen LogP contribution in [0.2, 0.25) is 0 Å². The van der Waals surface area contributed by atoms with E-state index in [1.165, 1.54) is 23.5 Å². The topological polar surface area (TPSA) is 283 Å². The number of likely N-dealkylation sites (N-methyl/N-ethyl adjacent to an activating group) is 1. The molecular formula is C58H81FN8O13S. The minimum atomic E-state index is -2.01. The molecule has 7 amide bonds. The van der Waals surface area contributed by atoms with Gasteiger partial charge in [0.2, 0.25) is 42.9 Å². The maximum atomic E-state index is 15.2. The number of esters is 1. The van der Waals surface area contributed by atoms with Gasteiger partial charge in [-0.3, -0.25) is 43.3 Å². The van der Waals surface area contributed by atoms with Crippen molar-refractivity contribution in [3.8, 4) is 11.4 Å². The van der Waals surface area contributed by atoms with Crippen LogP contribution in [0.5, 0.6) is 0 Å². The zero-order chi connectivity index (χ0) is 60.3. The maximum Gasteiger partial charge on any atom is 0.342 e. The highest BCUT2D eigenvalue weighted by atomic mass is 32.1. The Labute approximate surface area is 478 Å². The summed E-state index contributed by atoms with van der Waals surface area (Å²) in [6.07, 6.45) is 7.36. The van der Waals surface area contributed by atoms with E-state index in [-0.39, 0.29) is 98.9 Å². The highest BCUT2D eigenvalue weighted by molar-refractivity contribution is 7.80. The SMILES string of the molecule is CC.CCCCCCN(C=O)C(=O)CC(C)S.CCNC(=O)CNC=O.Cc1c(F)cc2nc3c(c4c2c1CC[C@]4(C)COCCOCNC(=O)CNC(=O)CNC=O)Cn1c-3cc2c(c1=O)COC(=O)C2(C)O.Cc1ccccc1. The number of imide groups is 1. The molecule has 3 aliphatic rings. The molecule has 0 radical (unpaired) electrons. The molecule has 2 aromatic heterocycles. The molecule has 3 atom stereocenters. The van der Waals surface area contributed by atoms with Gasteiger partial charge < -0.3 is 50.5 Å². The normalized spacial score (nSPS) is 16.1. The van der Waals surface area contributed by atoms with Crippen LogP contribution < -0.4 is 32.1 Å². The third-order valence-electron chi connectivity index (χ3n) is 13.2. The van der Waals surface area contributed by atoms with Crippen LogP contribution in [0, 0.1) is 19.7 Å². The second-order valence-electron chi connectivity index (χ2n) is 19.6. The number of aliphatic hydroxyl groups is 1. The number of pyridine rings is 2. The maximum absolute atomic E-state index is 15.2. The summed E-state index contributed by atoms with van der Waals surface area (Å²) >= 11 is 4.13. The molecule has 0 saturated heterocycles. The molecule has 2 aromatic carbocycles. The molecule has 2 unspecified atom stereocenters. The Morgan fingerprint density at radius 2 is 1.53 bits per heavy atom. The second kappa shape index (κ2) is 34.3. The molecule has 0 bridgehead atoms. The Balaban J connectivity index is 0.000000423. The molecule has 0 saturated carbocycles. The fraction of sp³-hybridized carbons (Fsp3) is 0.517. The number of rotatable bonds is 24. The summed E-state index contributed by atoms with van der Waals surface area (Å²) in [5, 5.41) is 23.7. The van der Waals surface area contributed by atoms with E-state index >= 15 is 4.39 Å². The first kappa shape index (κ1) is 68.2. The van der Waals surface area contributed by atoms with Gasteiger partial charge in [0.25, 0.3) is 5.56 Å². The van der Waals surface area contributed by atoms with Gasteiger partial charge in [-0.1, -0.05) is 89.8 Å². The predicted octanol–water partition coefficient (Wildman–Crippen LogP) is 4.46. The minimum absolute atomic E-state index is 0.00981. The lowest BCUT2D eigenvalue weighted by Crippen LogP contribution is -2.42. The molecule has 21 nitrogen and oxygen atoms in total. The van der Waals surface area contributed by atoms with Crippen LogP contribution in [0.25, 0.3) is 22.3 Å². The average Bonchev–Trinajstić information content (AvgIpc) is 4.07. The number of aryl methyl sites for hydroxylation is 2. The van der Waals surface area contributed by atoms with Crippen molar-refractivity contribution in [3.63, 3.8) is 0 Å². The average molecular weight is 1150 g/mol. The van der Waals surface area contributed by atoms with Crippen LogP contribution in [-0.4, -0.2) is 133 Å². The number of unbranched alkanes of at least 4 members (excludes halogenated alkanes) is 3. The van der Waals surface area contributed by atoms with Gasteiger partial charge >= 0.3 is 5.97 Å². The van der Waals surface area contributed by atoms with Crippen molar-refractivity contribution in [3.05, 3.63) is 97.6 Å². The predicted molar refractivity (Wildman–Crippen MR) is 307 cm³/mol. The van der Waals surface area contributed by atoms with E-state index in [1.807, 2.05) is 45.9 Å². The molecule has 2 aliphatic heterocycles. The van der Waals surface area contributed by atoms with Crippen molar-refractivity contribution in [2.45, 2.75) is 137 Å². The van der Waals surface area contributed by atoms with Crippen molar-refractivity contribution >= 4 is 72.4 Å². The van der Waals surface area contributed by atoms with Gasteiger partial charge in [-0.15, -0.1) is 0 Å². The lowest BCUT2D eigenvalue weighted by Gasteiger charge is -2.37. The molecule has 23 heteroatoms. The number of hydrogen-bond acceptors (Lipinski definition) is 15. The number of hydrogen-bond donors (Lipinski definition) is 7. The quantitative estimate of drug-likeness (QED) is 0.0148. The summed E-state index contributed by atoms with van der Waals surface area (Å²) in [7, 11) is 0. The fourth-order valence-electron chi connectivity index (χ4n) is 9.09. The molecule has 6 N–H and O–H groups in total. The third kappa shape index (κ3) is 19.6. The monoisotopic (exact) mass is 1150 g/mol. The van der Waals surface area contributed by atoms with Gasteiger partial charge in [0.05, 0.1) is 68.5 Å².